The maximum absolute atomic E-state index is 8.50. The quantitative estimate of drug-likeness (QED) is 0.511. The van der Waals surface area contributed by atoms with Gasteiger partial charge in [0.15, 0.2) is 0 Å². The molecule has 0 radical (unpaired) electrons. The van der Waals surface area contributed by atoms with E-state index in [2.05, 4.69) is 0 Å². The molecule has 2 nitrogen and oxygen atoms in total. The number of hydrogen-bond acceptors (Lipinski definition) is 2. The summed E-state index contributed by atoms with van der Waals surface area (Å²) < 4.78 is 17.0. The van der Waals surface area contributed by atoms with E-state index in [0.29, 0.717) is 0 Å². The van der Waals surface area contributed by atoms with Crippen LogP contribution < -0.4 is 0 Å². The Morgan fingerprint density at radius 3 is 1.20 bits per heavy atom. The molecule has 39 valence electrons. The Morgan fingerprint density at radius 2 is 1.20 bits per heavy atom. The zero-order valence-electron chi connectivity index (χ0n) is 2.47. The molecule has 0 heterocycles. The normalized spacial score (nSPS) is 3.20. The Labute approximate surface area is 53.1 Å². The largest absolute Gasteiger partial charge is 0 e. The minimum Gasteiger partial charge on any atom is 0 e. The fraction of sp³-hybridized carbons (Fsp3) is 0. The molecular weight excluding hydrogens is 431 g/mol. The predicted molar refractivity (Wildman–Crippen MR) is 7.79 cm³/mol. The molecule has 0 saturated carbocycles. The van der Waals surface area contributed by atoms with Crippen LogP contribution in [-0.2, 0) is 45.7 Å². The summed E-state index contributed by atoms with van der Waals surface area (Å²) in [4.78, 5) is 0. The molecule has 0 aromatic carbocycles. The Bertz CT molecular complexity index is 30.6. The third kappa shape index (κ3) is 48.5. The second-order valence-electron chi connectivity index (χ2n) is 0.0556. The number of rotatable bonds is 0. The van der Waals surface area contributed by atoms with Crippen LogP contribution in [0.3, 0.4) is 0 Å². The van der Waals surface area contributed by atoms with Crippen molar-refractivity contribution in [3.63, 3.8) is 0 Å². The summed E-state index contributed by atoms with van der Waals surface area (Å²) in [5.41, 5.74) is 0. The summed E-state index contributed by atoms with van der Waals surface area (Å²) in [5.74, 6) is 0. The zero-order valence-corrected chi connectivity index (χ0v) is 7.13. The van der Waals surface area contributed by atoms with Crippen molar-refractivity contribution in [1.29, 1.82) is 0 Å². The smallest absolute Gasteiger partial charge is 0 e. The molecule has 0 N–H and O–H groups in total. The van der Waals surface area contributed by atoms with Gasteiger partial charge in [-0.3, -0.25) is 0 Å². The van der Waals surface area contributed by atoms with E-state index in [1.807, 2.05) is 0 Å². The third-order valence-corrected chi connectivity index (χ3v) is 0. The van der Waals surface area contributed by atoms with Gasteiger partial charge in [0.25, 0.3) is 0 Å². The molecule has 5 heavy (non-hydrogen) atoms. The predicted octanol–water partition coefficient (Wildman–Crippen LogP) is 0.208. The molecule has 0 aromatic rings. The van der Waals surface area contributed by atoms with Crippen LogP contribution in [0.15, 0.2) is 0 Å². The molecule has 4 heteroatoms. The van der Waals surface area contributed by atoms with Crippen LogP contribution in [0.1, 0.15) is 0 Å². The molecule has 0 saturated heterocycles. The summed E-state index contributed by atoms with van der Waals surface area (Å²) >= 11 is -2.00. The summed E-state index contributed by atoms with van der Waals surface area (Å²) in [6.07, 6.45) is 0. The van der Waals surface area contributed by atoms with E-state index >= 15 is 0 Å². The molecule has 0 fully saturated rings. The maximum atomic E-state index is 8.50. The SMILES string of the molecule is [CH3-].[O]=[Ir]=[O].[Pt]. The van der Waals surface area contributed by atoms with Gasteiger partial charge in [0.2, 0.25) is 0 Å². The first-order valence-corrected chi connectivity index (χ1v) is 2.23. The summed E-state index contributed by atoms with van der Waals surface area (Å²) in [5, 5.41) is 0. The van der Waals surface area contributed by atoms with Gasteiger partial charge in [0, 0.05) is 21.1 Å². The van der Waals surface area contributed by atoms with Crippen molar-refractivity contribution in [2.45, 2.75) is 0 Å². The van der Waals surface area contributed by atoms with Gasteiger partial charge in [-0.15, -0.1) is 0 Å². The van der Waals surface area contributed by atoms with Crippen molar-refractivity contribution < 1.29 is 45.7 Å². The van der Waals surface area contributed by atoms with E-state index in [-0.39, 0.29) is 28.5 Å². The van der Waals surface area contributed by atoms with Crippen molar-refractivity contribution in [2.75, 3.05) is 0 Å². The monoisotopic (exact) mass is 435 g/mol. The zero-order chi connectivity index (χ0) is 2.71. The topological polar surface area (TPSA) is 34.1 Å². The average molecular weight is 434 g/mol. The van der Waals surface area contributed by atoms with Gasteiger partial charge in [0.05, 0.1) is 0 Å². The minimum absolute atomic E-state index is 0. The Balaban J connectivity index is -0.0000000200. The van der Waals surface area contributed by atoms with Crippen LogP contribution in [-0.4, -0.2) is 0 Å². The second kappa shape index (κ2) is 20.4. The van der Waals surface area contributed by atoms with Crippen molar-refractivity contribution in [2.24, 2.45) is 0 Å². The van der Waals surface area contributed by atoms with Gasteiger partial charge in [-0.2, -0.15) is 0 Å². The molecule has 0 atom stereocenters. The van der Waals surface area contributed by atoms with E-state index in [1.165, 1.54) is 0 Å². The van der Waals surface area contributed by atoms with Crippen molar-refractivity contribution >= 4 is 0 Å². The standard InChI is InChI=1S/CH3.Ir.2O.Pt/h1H3;;;;/q-1;;;;. The van der Waals surface area contributed by atoms with Gasteiger partial charge in [-0.1, -0.05) is 0 Å². The van der Waals surface area contributed by atoms with Crippen LogP contribution in [0.25, 0.3) is 0 Å². The van der Waals surface area contributed by atoms with Gasteiger partial charge >= 0.3 is 24.6 Å². The first kappa shape index (κ1) is 16.8. The van der Waals surface area contributed by atoms with Crippen LogP contribution in [0.4, 0.5) is 0 Å². The van der Waals surface area contributed by atoms with E-state index < -0.39 is 17.6 Å². The van der Waals surface area contributed by atoms with Gasteiger partial charge < -0.3 is 7.43 Å². The Morgan fingerprint density at radius 1 is 1.20 bits per heavy atom. The fourth-order valence-electron chi connectivity index (χ4n) is 0. The van der Waals surface area contributed by atoms with E-state index in [0.717, 1.165) is 0 Å². The molecule has 0 rings (SSSR count). The van der Waals surface area contributed by atoms with Crippen LogP contribution in [0.2, 0.25) is 0 Å². The minimum atomic E-state index is -2.00. The van der Waals surface area contributed by atoms with Gasteiger partial charge in [-0.05, 0) is 0 Å². The summed E-state index contributed by atoms with van der Waals surface area (Å²) in [7, 11) is 0. The molecule has 0 unspecified atom stereocenters. The molecule has 0 aromatic heterocycles. The van der Waals surface area contributed by atoms with E-state index in [4.69, 9.17) is 7.01 Å². The third-order valence-electron chi connectivity index (χ3n) is 0. The van der Waals surface area contributed by atoms with E-state index in [9.17, 15) is 0 Å². The van der Waals surface area contributed by atoms with Crippen LogP contribution >= 0.6 is 0 Å². The average Bonchev–Trinajstić information content (AvgIpc) is 0.918. The molecule has 0 aliphatic heterocycles. The first-order valence-electron chi connectivity index (χ1n) is 0.272. The molecule has 0 aliphatic rings. The first-order chi connectivity index (χ1) is 1.41. The molecule has 0 bridgehead atoms. The van der Waals surface area contributed by atoms with E-state index in [1.54, 1.807) is 0 Å². The Kier molecular flexibility index (Phi) is 68.4. The fourth-order valence-corrected chi connectivity index (χ4v) is 0. The van der Waals surface area contributed by atoms with Crippen molar-refractivity contribution in [3.8, 4) is 0 Å². The summed E-state index contributed by atoms with van der Waals surface area (Å²) in [6, 6.07) is 0. The maximum Gasteiger partial charge on any atom is 0 e. The van der Waals surface area contributed by atoms with Crippen molar-refractivity contribution in [3.05, 3.63) is 7.43 Å². The number of hydrogen-bond donors (Lipinski definition) is 0. The van der Waals surface area contributed by atoms with Gasteiger partial charge in [-0.25, -0.2) is 0 Å². The van der Waals surface area contributed by atoms with Gasteiger partial charge in [0.1, 0.15) is 0 Å². The van der Waals surface area contributed by atoms with Crippen LogP contribution in [0, 0.1) is 7.43 Å². The molecule has 0 aliphatic carbocycles. The van der Waals surface area contributed by atoms with Crippen molar-refractivity contribution in [1.82, 2.24) is 0 Å². The molecular formula is CH3IrO2Pt-. The summed E-state index contributed by atoms with van der Waals surface area (Å²) in [6.45, 7) is 0. The second-order valence-corrected chi connectivity index (χ2v) is 0.455. The van der Waals surface area contributed by atoms with Crippen LogP contribution in [0.5, 0.6) is 0 Å². The molecule has 0 amide bonds. The molecule has 0 spiro atoms. The Hall–Kier alpha value is 0.938.